The molecule has 1 aliphatic heterocycles. The second-order valence-electron chi connectivity index (χ2n) is 7.72. The van der Waals surface area contributed by atoms with Crippen molar-refractivity contribution in [1.29, 1.82) is 0 Å². The molecule has 0 amide bonds. The molecular formula is C25H29NO7. The number of carbonyl (C=O) groups is 2. The summed E-state index contributed by atoms with van der Waals surface area (Å²) in [6, 6.07) is 12.2. The minimum absolute atomic E-state index is 0.140. The molecule has 0 aromatic heterocycles. The predicted octanol–water partition coefficient (Wildman–Crippen LogP) is 2.34. The van der Waals surface area contributed by atoms with Crippen LogP contribution < -0.4 is 5.32 Å². The van der Waals surface area contributed by atoms with Crippen molar-refractivity contribution < 1.29 is 33.3 Å². The molecule has 0 spiro atoms. The molecule has 0 bridgehead atoms. The van der Waals surface area contributed by atoms with Gasteiger partial charge in [-0.1, -0.05) is 36.4 Å². The van der Waals surface area contributed by atoms with E-state index < -0.39 is 0 Å². The van der Waals surface area contributed by atoms with Gasteiger partial charge in [-0.25, -0.2) is 0 Å². The molecule has 1 unspecified atom stereocenters. The number of benzene rings is 2. The number of nitrogens with one attached hydrogen (secondary N) is 1. The van der Waals surface area contributed by atoms with Gasteiger partial charge >= 0.3 is 0 Å². The van der Waals surface area contributed by atoms with Crippen LogP contribution in [0.25, 0.3) is 0 Å². The van der Waals surface area contributed by atoms with E-state index in [0.29, 0.717) is 93.9 Å². The third-order valence-electron chi connectivity index (χ3n) is 5.47. The van der Waals surface area contributed by atoms with Gasteiger partial charge in [-0.2, -0.15) is 0 Å². The number of anilines is 1. The molecule has 1 aliphatic carbocycles. The van der Waals surface area contributed by atoms with E-state index in [1.807, 2.05) is 6.07 Å². The Morgan fingerprint density at radius 3 is 1.94 bits per heavy atom. The molecule has 1 N–H and O–H groups in total. The van der Waals surface area contributed by atoms with Gasteiger partial charge in [-0.05, 0) is 6.07 Å². The molecule has 1 fully saturated rings. The summed E-state index contributed by atoms with van der Waals surface area (Å²) in [6.45, 7) is 4.59. The van der Waals surface area contributed by atoms with Crippen LogP contribution in [-0.4, -0.2) is 83.7 Å². The fourth-order valence-corrected chi connectivity index (χ4v) is 3.83. The van der Waals surface area contributed by atoms with Gasteiger partial charge in [0.15, 0.2) is 11.6 Å². The molecule has 2 aromatic carbocycles. The van der Waals surface area contributed by atoms with Gasteiger partial charge in [-0.3, -0.25) is 9.59 Å². The second-order valence-corrected chi connectivity index (χ2v) is 7.72. The molecule has 0 radical (unpaired) electrons. The number of hydrogen-bond acceptors (Lipinski definition) is 8. The molecule has 33 heavy (non-hydrogen) atoms. The van der Waals surface area contributed by atoms with Gasteiger partial charge in [-0.15, -0.1) is 0 Å². The highest BCUT2D eigenvalue weighted by atomic mass is 16.6. The summed E-state index contributed by atoms with van der Waals surface area (Å²) in [4.78, 5) is 26.1. The first-order chi connectivity index (χ1) is 16.3. The topological polar surface area (TPSA) is 92.3 Å². The Labute approximate surface area is 193 Å². The van der Waals surface area contributed by atoms with E-state index in [0.717, 1.165) is 0 Å². The van der Waals surface area contributed by atoms with Crippen molar-refractivity contribution in [3.63, 3.8) is 0 Å². The van der Waals surface area contributed by atoms with Crippen LogP contribution in [0.3, 0.4) is 0 Å². The molecule has 8 nitrogen and oxygen atoms in total. The Bertz CT molecular complexity index is 946. The number of carbonyl (C=O) groups excluding carboxylic acids is 2. The molecule has 1 heterocycles. The van der Waals surface area contributed by atoms with Crippen LogP contribution in [0.15, 0.2) is 42.5 Å². The highest BCUT2D eigenvalue weighted by molar-refractivity contribution is 6.30. The Balaban J connectivity index is 1.43. The van der Waals surface area contributed by atoms with Crippen molar-refractivity contribution >= 4 is 17.3 Å². The summed E-state index contributed by atoms with van der Waals surface area (Å²) < 4.78 is 28.1. The smallest absolute Gasteiger partial charge is 0.196 e. The van der Waals surface area contributed by atoms with E-state index >= 15 is 0 Å². The lowest BCUT2D eigenvalue weighted by Crippen LogP contribution is -2.31. The third-order valence-corrected chi connectivity index (χ3v) is 5.47. The molecule has 1 atom stereocenters. The molecule has 8 heteroatoms. The van der Waals surface area contributed by atoms with E-state index in [4.69, 9.17) is 23.7 Å². The van der Waals surface area contributed by atoms with E-state index in [-0.39, 0.29) is 17.7 Å². The number of hydrogen-bond donors (Lipinski definition) is 1. The van der Waals surface area contributed by atoms with Crippen LogP contribution in [0.1, 0.15) is 31.8 Å². The van der Waals surface area contributed by atoms with Crippen molar-refractivity contribution in [3.8, 4) is 0 Å². The van der Waals surface area contributed by atoms with Crippen LogP contribution in [0.2, 0.25) is 0 Å². The first-order valence-electron chi connectivity index (χ1n) is 11.2. The molecule has 0 saturated carbocycles. The summed E-state index contributed by atoms with van der Waals surface area (Å²) in [6.07, 6.45) is -0.271. The summed E-state index contributed by atoms with van der Waals surface area (Å²) in [5.41, 5.74) is 2.29. The van der Waals surface area contributed by atoms with E-state index in [9.17, 15) is 9.59 Å². The summed E-state index contributed by atoms with van der Waals surface area (Å²) in [7, 11) is 0. The Morgan fingerprint density at radius 2 is 1.24 bits per heavy atom. The summed E-state index contributed by atoms with van der Waals surface area (Å²) in [5.74, 6) is -0.297. The van der Waals surface area contributed by atoms with Crippen LogP contribution in [0.5, 0.6) is 0 Å². The summed E-state index contributed by atoms with van der Waals surface area (Å²) in [5, 5.41) is 3.30. The number of rotatable bonds is 3. The number of ether oxygens (including phenoxy) is 5. The van der Waals surface area contributed by atoms with E-state index in [1.54, 1.807) is 36.4 Å². The Hall–Kier alpha value is -2.62. The summed E-state index contributed by atoms with van der Waals surface area (Å²) >= 11 is 0. The average Bonchev–Trinajstić information content (AvgIpc) is 2.86. The molecule has 1 saturated heterocycles. The highest BCUT2D eigenvalue weighted by Gasteiger charge is 2.31. The van der Waals surface area contributed by atoms with Crippen molar-refractivity contribution in [2.45, 2.75) is 6.10 Å². The lowest BCUT2D eigenvalue weighted by molar-refractivity contribution is -0.0399. The zero-order valence-corrected chi connectivity index (χ0v) is 18.5. The standard InChI is InChI=1S/C25H29NO7/c27-24-19-4-1-2-5-20(19)25(28)23-21(24)6-3-7-22(23)26-16-18-17-32-13-12-30-9-8-29-10-11-31-14-15-33-18/h1-7,18,26H,8-17H2. The first kappa shape index (κ1) is 23.5. The van der Waals surface area contributed by atoms with Gasteiger partial charge in [0.1, 0.15) is 0 Å². The van der Waals surface area contributed by atoms with E-state index in [2.05, 4.69) is 5.32 Å². The maximum atomic E-state index is 13.2. The molecule has 4 rings (SSSR count). The normalized spacial score (nSPS) is 20.8. The lowest BCUT2D eigenvalue weighted by atomic mass is 9.83. The molecular weight excluding hydrogens is 426 g/mol. The lowest BCUT2D eigenvalue weighted by Gasteiger charge is -2.23. The van der Waals surface area contributed by atoms with Crippen LogP contribution in [-0.2, 0) is 23.7 Å². The largest absolute Gasteiger partial charge is 0.382 e. The Kier molecular flexibility index (Phi) is 8.57. The van der Waals surface area contributed by atoms with Gasteiger partial charge in [0.05, 0.1) is 71.1 Å². The monoisotopic (exact) mass is 455 g/mol. The molecule has 176 valence electrons. The zero-order chi connectivity index (χ0) is 22.9. The van der Waals surface area contributed by atoms with Gasteiger partial charge in [0, 0.05) is 28.9 Å². The maximum absolute atomic E-state index is 13.2. The van der Waals surface area contributed by atoms with Gasteiger partial charge in [0.2, 0.25) is 0 Å². The fourth-order valence-electron chi connectivity index (χ4n) is 3.83. The second kappa shape index (κ2) is 12.0. The van der Waals surface area contributed by atoms with E-state index in [1.165, 1.54) is 0 Å². The zero-order valence-electron chi connectivity index (χ0n) is 18.5. The average molecular weight is 456 g/mol. The van der Waals surface area contributed by atoms with Crippen molar-refractivity contribution in [3.05, 3.63) is 64.7 Å². The van der Waals surface area contributed by atoms with Crippen molar-refractivity contribution in [2.75, 3.05) is 71.3 Å². The Morgan fingerprint density at radius 1 is 0.667 bits per heavy atom. The molecule has 2 aromatic rings. The van der Waals surface area contributed by atoms with Gasteiger partial charge in [0.25, 0.3) is 0 Å². The number of ketones is 2. The minimum Gasteiger partial charge on any atom is -0.382 e. The highest BCUT2D eigenvalue weighted by Crippen LogP contribution is 2.31. The first-order valence-corrected chi connectivity index (χ1v) is 11.2. The van der Waals surface area contributed by atoms with Gasteiger partial charge < -0.3 is 29.0 Å². The van der Waals surface area contributed by atoms with Crippen molar-refractivity contribution in [2.24, 2.45) is 0 Å². The third kappa shape index (κ3) is 6.04. The fraction of sp³-hybridized carbons (Fsp3) is 0.440. The maximum Gasteiger partial charge on any atom is 0.196 e. The molecule has 2 aliphatic rings. The van der Waals surface area contributed by atoms with Crippen LogP contribution >= 0.6 is 0 Å². The predicted molar refractivity (Wildman–Crippen MR) is 121 cm³/mol. The quantitative estimate of drug-likeness (QED) is 0.644. The van der Waals surface area contributed by atoms with Crippen LogP contribution in [0, 0.1) is 0 Å². The van der Waals surface area contributed by atoms with Crippen LogP contribution in [0.4, 0.5) is 5.69 Å². The van der Waals surface area contributed by atoms with Crippen molar-refractivity contribution in [1.82, 2.24) is 0 Å². The minimum atomic E-state index is -0.271. The number of fused-ring (bicyclic) bond motifs is 2. The SMILES string of the molecule is O=C1c2ccccc2C(=O)c2c(NCC3COCCOCCOCCOCCO3)cccc21.